The summed E-state index contributed by atoms with van der Waals surface area (Å²) in [6.07, 6.45) is 6.38. The average Bonchev–Trinajstić information content (AvgIpc) is 2.90. The van der Waals surface area contributed by atoms with Crippen molar-refractivity contribution in [2.75, 3.05) is 7.05 Å². The van der Waals surface area contributed by atoms with Crippen LogP contribution in [0.1, 0.15) is 43.7 Å². The number of fused-ring (bicyclic) bond motifs is 1. The van der Waals surface area contributed by atoms with Gasteiger partial charge in [-0.3, -0.25) is 0 Å². The summed E-state index contributed by atoms with van der Waals surface area (Å²) in [6, 6.07) is 5.18. The van der Waals surface area contributed by atoms with Gasteiger partial charge in [-0.25, -0.2) is 4.39 Å². The number of ether oxygens (including phenoxy) is 1. The van der Waals surface area contributed by atoms with Crippen molar-refractivity contribution in [2.45, 2.75) is 44.2 Å². The Labute approximate surface area is 108 Å². The van der Waals surface area contributed by atoms with Crippen molar-refractivity contribution in [3.8, 4) is 5.75 Å². The second-order valence-corrected chi connectivity index (χ2v) is 5.46. The predicted molar refractivity (Wildman–Crippen MR) is 69.2 cm³/mol. The first-order valence-corrected chi connectivity index (χ1v) is 6.91. The van der Waals surface area contributed by atoms with Crippen LogP contribution in [0.2, 0.25) is 0 Å². The Bertz CT molecular complexity index is 429. The lowest BCUT2D eigenvalue weighted by atomic mass is 9.89. The van der Waals surface area contributed by atoms with Crippen LogP contribution in [-0.4, -0.2) is 13.2 Å². The smallest absolute Gasteiger partial charge is 0.127 e. The van der Waals surface area contributed by atoms with E-state index < -0.39 is 0 Å². The molecule has 2 unspecified atom stereocenters. The van der Waals surface area contributed by atoms with Gasteiger partial charge in [0.1, 0.15) is 17.7 Å². The van der Waals surface area contributed by atoms with E-state index in [1.807, 2.05) is 13.1 Å². The average molecular weight is 249 g/mol. The molecule has 2 aliphatic rings. The monoisotopic (exact) mass is 249 g/mol. The number of hydrogen-bond acceptors (Lipinski definition) is 2. The van der Waals surface area contributed by atoms with Crippen LogP contribution < -0.4 is 10.1 Å². The van der Waals surface area contributed by atoms with Crippen molar-refractivity contribution in [3.05, 3.63) is 29.6 Å². The molecule has 0 saturated heterocycles. The third kappa shape index (κ3) is 2.12. The second-order valence-electron chi connectivity index (χ2n) is 5.46. The van der Waals surface area contributed by atoms with Gasteiger partial charge in [0.15, 0.2) is 0 Å². The maximum Gasteiger partial charge on any atom is 0.127 e. The highest BCUT2D eigenvalue weighted by atomic mass is 19.1. The van der Waals surface area contributed by atoms with E-state index in [1.54, 1.807) is 0 Å². The molecule has 0 bridgehead atoms. The number of benzene rings is 1. The Morgan fingerprint density at radius 2 is 2.06 bits per heavy atom. The molecule has 1 N–H and O–H groups in total. The van der Waals surface area contributed by atoms with E-state index in [0.29, 0.717) is 12.0 Å². The van der Waals surface area contributed by atoms with E-state index in [2.05, 4.69) is 5.32 Å². The Balaban J connectivity index is 1.87. The summed E-state index contributed by atoms with van der Waals surface area (Å²) < 4.78 is 19.4. The topological polar surface area (TPSA) is 21.3 Å². The molecule has 1 saturated carbocycles. The van der Waals surface area contributed by atoms with Crippen molar-refractivity contribution in [2.24, 2.45) is 5.92 Å². The van der Waals surface area contributed by atoms with Gasteiger partial charge in [0.2, 0.25) is 0 Å². The molecule has 3 heteroatoms. The summed E-state index contributed by atoms with van der Waals surface area (Å²) in [7, 11) is 1.97. The van der Waals surface area contributed by atoms with Crippen LogP contribution >= 0.6 is 0 Å². The van der Waals surface area contributed by atoms with E-state index in [1.165, 1.54) is 37.8 Å². The Kier molecular flexibility index (Phi) is 3.25. The fourth-order valence-electron chi connectivity index (χ4n) is 3.36. The molecule has 98 valence electrons. The standard InChI is InChI=1S/C15H20FNO/c1-17-13-9-14(10-4-2-3-5-10)18-15-8-11(16)6-7-12(13)15/h6-8,10,13-14,17H,2-5,9H2,1H3. The first-order valence-electron chi connectivity index (χ1n) is 6.91. The van der Waals surface area contributed by atoms with Crippen LogP contribution in [0, 0.1) is 11.7 Å². The van der Waals surface area contributed by atoms with E-state index in [4.69, 9.17) is 4.74 Å². The van der Waals surface area contributed by atoms with Crippen LogP contribution in [0.3, 0.4) is 0 Å². The quantitative estimate of drug-likeness (QED) is 0.867. The Hall–Kier alpha value is -1.09. The highest BCUT2D eigenvalue weighted by molar-refractivity contribution is 5.38. The fraction of sp³-hybridized carbons (Fsp3) is 0.600. The van der Waals surface area contributed by atoms with Crippen molar-refractivity contribution >= 4 is 0 Å². The van der Waals surface area contributed by atoms with Gasteiger partial charge in [0, 0.05) is 24.1 Å². The minimum absolute atomic E-state index is 0.212. The number of rotatable bonds is 2. The van der Waals surface area contributed by atoms with E-state index in [9.17, 15) is 4.39 Å². The van der Waals surface area contributed by atoms with Gasteiger partial charge < -0.3 is 10.1 Å². The zero-order valence-electron chi connectivity index (χ0n) is 10.8. The molecule has 3 rings (SSSR count). The predicted octanol–water partition coefficient (Wildman–Crippen LogP) is 3.43. The summed E-state index contributed by atoms with van der Waals surface area (Å²) in [4.78, 5) is 0. The summed E-state index contributed by atoms with van der Waals surface area (Å²) in [5.41, 5.74) is 1.09. The molecule has 2 atom stereocenters. The highest BCUT2D eigenvalue weighted by Crippen LogP contribution is 2.41. The van der Waals surface area contributed by atoms with E-state index in [-0.39, 0.29) is 11.9 Å². The van der Waals surface area contributed by atoms with Gasteiger partial charge >= 0.3 is 0 Å². The Morgan fingerprint density at radius 1 is 1.28 bits per heavy atom. The first-order chi connectivity index (χ1) is 8.78. The second kappa shape index (κ2) is 4.88. The lowest BCUT2D eigenvalue weighted by Crippen LogP contribution is -2.35. The fourth-order valence-corrected chi connectivity index (χ4v) is 3.36. The van der Waals surface area contributed by atoms with E-state index >= 15 is 0 Å². The highest BCUT2D eigenvalue weighted by Gasteiger charge is 2.34. The molecule has 1 heterocycles. The molecule has 0 spiro atoms. The summed E-state index contributed by atoms with van der Waals surface area (Å²) in [5.74, 6) is 1.17. The third-order valence-electron chi connectivity index (χ3n) is 4.37. The summed E-state index contributed by atoms with van der Waals surface area (Å²) >= 11 is 0. The zero-order valence-corrected chi connectivity index (χ0v) is 10.8. The Morgan fingerprint density at radius 3 is 2.78 bits per heavy atom. The van der Waals surface area contributed by atoms with Gasteiger partial charge in [-0.1, -0.05) is 18.9 Å². The van der Waals surface area contributed by atoms with Crippen molar-refractivity contribution in [1.29, 1.82) is 0 Å². The lowest BCUT2D eigenvalue weighted by Gasteiger charge is -2.35. The molecule has 2 nitrogen and oxygen atoms in total. The SMILES string of the molecule is CNC1CC(C2CCCC2)Oc2cc(F)ccc21. The third-order valence-corrected chi connectivity index (χ3v) is 4.37. The molecular formula is C15H20FNO. The molecule has 1 fully saturated rings. The molecule has 0 aromatic heterocycles. The van der Waals surface area contributed by atoms with Crippen LogP contribution in [0.15, 0.2) is 18.2 Å². The van der Waals surface area contributed by atoms with Crippen LogP contribution in [0.4, 0.5) is 4.39 Å². The largest absolute Gasteiger partial charge is 0.490 e. The number of hydrogen-bond donors (Lipinski definition) is 1. The number of halogens is 1. The van der Waals surface area contributed by atoms with Crippen LogP contribution in [0.5, 0.6) is 5.75 Å². The zero-order chi connectivity index (χ0) is 12.5. The first kappa shape index (κ1) is 12.0. The molecule has 1 aromatic rings. The molecule has 18 heavy (non-hydrogen) atoms. The molecule has 0 amide bonds. The minimum Gasteiger partial charge on any atom is -0.490 e. The summed E-state index contributed by atoms with van der Waals surface area (Å²) in [5, 5.41) is 3.33. The van der Waals surface area contributed by atoms with Crippen LogP contribution in [-0.2, 0) is 0 Å². The van der Waals surface area contributed by atoms with Crippen molar-refractivity contribution in [1.82, 2.24) is 5.32 Å². The van der Waals surface area contributed by atoms with E-state index in [0.717, 1.165) is 17.7 Å². The molecular weight excluding hydrogens is 229 g/mol. The maximum atomic E-state index is 13.3. The molecule has 1 aliphatic carbocycles. The van der Waals surface area contributed by atoms with Gasteiger partial charge in [0.25, 0.3) is 0 Å². The maximum absolute atomic E-state index is 13.3. The van der Waals surface area contributed by atoms with Crippen molar-refractivity contribution < 1.29 is 9.13 Å². The minimum atomic E-state index is -0.212. The summed E-state index contributed by atoms with van der Waals surface area (Å²) in [6.45, 7) is 0. The van der Waals surface area contributed by atoms with Crippen molar-refractivity contribution in [3.63, 3.8) is 0 Å². The molecule has 0 radical (unpaired) electrons. The van der Waals surface area contributed by atoms with Gasteiger partial charge in [0.05, 0.1) is 0 Å². The van der Waals surface area contributed by atoms with Gasteiger partial charge in [-0.2, -0.15) is 0 Å². The lowest BCUT2D eigenvalue weighted by molar-refractivity contribution is 0.0957. The van der Waals surface area contributed by atoms with Crippen LogP contribution in [0.25, 0.3) is 0 Å². The molecule has 1 aliphatic heterocycles. The number of nitrogens with one attached hydrogen (secondary N) is 1. The van der Waals surface area contributed by atoms with Gasteiger partial charge in [-0.15, -0.1) is 0 Å². The molecule has 1 aromatic carbocycles. The van der Waals surface area contributed by atoms with Gasteiger partial charge in [-0.05, 0) is 31.9 Å². The normalized spacial score (nSPS) is 27.9.